The standard InChI is InChI=1S/C13H10F2N2O2/c14-11-10(4-5-16-12(11)15)13(19)17-9-3-1-2-8(6-9)7-18/h1-6,18H,7H2,(H,17,19). The average molecular weight is 264 g/mol. The van der Waals surface area contributed by atoms with Crippen LogP contribution in [0, 0.1) is 11.8 Å². The molecule has 98 valence electrons. The Bertz CT molecular complexity index is 617. The van der Waals surface area contributed by atoms with Crippen molar-refractivity contribution >= 4 is 11.6 Å². The third kappa shape index (κ3) is 2.92. The van der Waals surface area contributed by atoms with Gasteiger partial charge in [-0.05, 0) is 23.8 Å². The van der Waals surface area contributed by atoms with Crippen molar-refractivity contribution in [1.29, 1.82) is 0 Å². The fourth-order valence-electron chi connectivity index (χ4n) is 1.54. The monoisotopic (exact) mass is 264 g/mol. The topological polar surface area (TPSA) is 62.2 Å². The Balaban J connectivity index is 2.23. The van der Waals surface area contributed by atoms with Gasteiger partial charge in [0.05, 0.1) is 12.2 Å². The molecule has 0 saturated carbocycles. The SMILES string of the molecule is O=C(Nc1cccc(CO)c1)c1ccnc(F)c1F. The third-order valence-corrected chi connectivity index (χ3v) is 2.46. The number of carbonyl (C=O) groups is 1. The number of pyridine rings is 1. The van der Waals surface area contributed by atoms with E-state index in [1.54, 1.807) is 18.2 Å². The van der Waals surface area contributed by atoms with Gasteiger partial charge in [-0.3, -0.25) is 4.79 Å². The van der Waals surface area contributed by atoms with E-state index in [1.807, 2.05) is 0 Å². The van der Waals surface area contributed by atoms with E-state index in [1.165, 1.54) is 6.07 Å². The summed E-state index contributed by atoms with van der Waals surface area (Å²) in [5.74, 6) is -3.40. The third-order valence-electron chi connectivity index (χ3n) is 2.46. The van der Waals surface area contributed by atoms with Gasteiger partial charge in [-0.25, -0.2) is 9.37 Å². The Morgan fingerprint density at radius 2 is 2.11 bits per heavy atom. The summed E-state index contributed by atoms with van der Waals surface area (Å²) in [7, 11) is 0. The molecule has 0 bridgehead atoms. The van der Waals surface area contributed by atoms with Crippen molar-refractivity contribution in [2.75, 3.05) is 5.32 Å². The van der Waals surface area contributed by atoms with Crippen LogP contribution in [0.5, 0.6) is 0 Å². The average Bonchev–Trinajstić information content (AvgIpc) is 2.42. The molecule has 1 amide bonds. The first-order chi connectivity index (χ1) is 9.11. The molecule has 0 spiro atoms. The summed E-state index contributed by atoms with van der Waals surface area (Å²) in [5.41, 5.74) is 0.550. The summed E-state index contributed by atoms with van der Waals surface area (Å²) >= 11 is 0. The number of carbonyl (C=O) groups excluding carboxylic acids is 1. The summed E-state index contributed by atoms with van der Waals surface area (Å²) in [6, 6.07) is 7.50. The summed E-state index contributed by atoms with van der Waals surface area (Å²) < 4.78 is 26.3. The number of nitrogens with zero attached hydrogens (tertiary/aromatic N) is 1. The number of nitrogens with one attached hydrogen (secondary N) is 1. The van der Waals surface area contributed by atoms with Gasteiger partial charge in [0, 0.05) is 11.9 Å². The normalized spacial score (nSPS) is 10.3. The molecule has 0 saturated heterocycles. The smallest absolute Gasteiger partial charge is 0.258 e. The number of benzene rings is 1. The van der Waals surface area contributed by atoms with Crippen LogP contribution in [0.1, 0.15) is 15.9 Å². The van der Waals surface area contributed by atoms with Crippen molar-refractivity contribution < 1.29 is 18.7 Å². The number of hydrogen-bond acceptors (Lipinski definition) is 3. The largest absolute Gasteiger partial charge is 0.392 e. The molecule has 0 unspecified atom stereocenters. The van der Waals surface area contributed by atoms with E-state index in [0.29, 0.717) is 11.3 Å². The Kier molecular flexibility index (Phi) is 3.82. The van der Waals surface area contributed by atoms with Crippen LogP contribution in [-0.2, 0) is 6.61 Å². The Labute approximate surface area is 107 Å². The molecule has 2 N–H and O–H groups in total. The summed E-state index contributed by atoms with van der Waals surface area (Å²) in [6.07, 6.45) is 1.01. The fraction of sp³-hybridized carbons (Fsp3) is 0.0769. The first kappa shape index (κ1) is 13.1. The predicted molar refractivity (Wildman–Crippen MR) is 64.5 cm³/mol. The number of anilines is 1. The van der Waals surface area contributed by atoms with E-state index in [2.05, 4.69) is 10.3 Å². The van der Waals surface area contributed by atoms with Crippen LogP contribution in [0.2, 0.25) is 0 Å². The van der Waals surface area contributed by atoms with Gasteiger partial charge in [-0.1, -0.05) is 12.1 Å². The molecule has 2 aromatic rings. The number of rotatable bonds is 3. The zero-order valence-corrected chi connectivity index (χ0v) is 9.73. The summed E-state index contributed by atoms with van der Waals surface area (Å²) in [4.78, 5) is 14.9. The lowest BCUT2D eigenvalue weighted by Crippen LogP contribution is -2.15. The maximum atomic E-state index is 13.4. The highest BCUT2D eigenvalue weighted by molar-refractivity contribution is 6.04. The second-order valence-electron chi connectivity index (χ2n) is 3.78. The number of amides is 1. The molecule has 1 heterocycles. The molecule has 0 radical (unpaired) electrons. The first-order valence-electron chi connectivity index (χ1n) is 5.43. The van der Waals surface area contributed by atoms with E-state index >= 15 is 0 Å². The van der Waals surface area contributed by atoms with Crippen LogP contribution in [0.15, 0.2) is 36.5 Å². The van der Waals surface area contributed by atoms with Crippen molar-refractivity contribution in [2.45, 2.75) is 6.61 Å². The van der Waals surface area contributed by atoms with Gasteiger partial charge in [-0.15, -0.1) is 0 Å². The minimum absolute atomic E-state index is 0.179. The lowest BCUT2D eigenvalue weighted by atomic mass is 10.2. The van der Waals surface area contributed by atoms with Crippen LogP contribution in [0.25, 0.3) is 0 Å². The van der Waals surface area contributed by atoms with Crippen molar-refractivity contribution in [3.05, 3.63) is 59.4 Å². The van der Waals surface area contributed by atoms with Gasteiger partial charge >= 0.3 is 0 Å². The van der Waals surface area contributed by atoms with Crippen molar-refractivity contribution in [1.82, 2.24) is 4.98 Å². The van der Waals surface area contributed by atoms with E-state index in [0.717, 1.165) is 12.3 Å². The van der Waals surface area contributed by atoms with Gasteiger partial charge in [0.15, 0.2) is 5.82 Å². The van der Waals surface area contributed by atoms with E-state index in [9.17, 15) is 13.6 Å². The number of halogens is 2. The second-order valence-corrected chi connectivity index (χ2v) is 3.78. The molecule has 1 aromatic heterocycles. The van der Waals surface area contributed by atoms with E-state index in [-0.39, 0.29) is 6.61 Å². The summed E-state index contributed by atoms with van der Waals surface area (Å²) in [5, 5.41) is 11.4. The molecule has 4 nitrogen and oxygen atoms in total. The van der Waals surface area contributed by atoms with Gasteiger partial charge < -0.3 is 10.4 Å². The van der Waals surface area contributed by atoms with Gasteiger partial charge in [-0.2, -0.15) is 4.39 Å². The molecule has 0 aliphatic heterocycles. The van der Waals surface area contributed by atoms with Crippen LogP contribution >= 0.6 is 0 Å². The van der Waals surface area contributed by atoms with Crippen LogP contribution in [0.4, 0.5) is 14.5 Å². The number of hydrogen-bond donors (Lipinski definition) is 2. The molecule has 2 rings (SSSR count). The summed E-state index contributed by atoms with van der Waals surface area (Å²) in [6.45, 7) is -0.179. The predicted octanol–water partition coefficient (Wildman–Crippen LogP) is 2.10. The second kappa shape index (κ2) is 5.53. The van der Waals surface area contributed by atoms with Crippen molar-refractivity contribution in [3.8, 4) is 0 Å². The van der Waals surface area contributed by atoms with Crippen LogP contribution in [0.3, 0.4) is 0 Å². The highest BCUT2D eigenvalue weighted by atomic mass is 19.2. The minimum atomic E-state index is -1.32. The Morgan fingerprint density at radius 3 is 2.84 bits per heavy atom. The number of aliphatic hydroxyl groups excluding tert-OH is 1. The fourth-order valence-corrected chi connectivity index (χ4v) is 1.54. The molecular formula is C13H10F2N2O2. The number of aliphatic hydroxyl groups is 1. The Hall–Kier alpha value is -2.34. The molecular weight excluding hydrogens is 254 g/mol. The minimum Gasteiger partial charge on any atom is -0.392 e. The zero-order chi connectivity index (χ0) is 13.8. The molecule has 0 aliphatic rings. The van der Waals surface area contributed by atoms with E-state index < -0.39 is 23.2 Å². The van der Waals surface area contributed by atoms with Crippen LogP contribution < -0.4 is 5.32 Å². The molecule has 1 aromatic carbocycles. The lowest BCUT2D eigenvalue weighted by Gasteiger charge is -2.07. The Morgan fingerprint density at radius 1 is 1.32 bits per heavy atom. The zero-order valence-electron chi connectivity index (χ0n) is 9.73. The highest BCUT2D eigenvalue weighted by Gasteiger charge is 2.16. The lowest BCUT2D eigenvalue weighted by molar-refractivity contribution is 0.102. The number of aromatic nitrogens is 1. The maximum absolute atomic E-state index is 13.4. The molecule has 6 heteroatoms. The quantitative estimate of drug-likeness (QED) is 0.834. The van der Waals surface area contributed by atoms with Gasteiger partial charge in [0.25, 0.3) is 5.91 Å². The molecule has 0 atom stereocenters. The molecule has 0 aliphatic carbocycles. The van der Waals surface area contributed by atoms with Crippen LogP contribution in [-0.4, -0.2) is 16.0 Å². The maximum Gasteiger partial charge on any atom is 0.258 e. The van der Waals surface area contributed by atoms with Gasteiger partial charge in [0.1, 0.15) is 0 Å². The van der Waals surface area contributed by atoms with Gasteiger partial charge in [0.2, 0.25) is 5.95 Å². The van der Waals surface area contributed by atoms with Crippen molar-refractivity contribution in [3.63, 3.8) is 0 Å². The first-order valence-corrected chi connectivity index (χ1v) is 5.43. The highest BCUT2D eigenvalue weighted by Crippen LogP contribution is 2.14. The van der Waals surface area contributed by atoms with E-state index in [4.69, 9.17) is 5.11 Å². The molecule has 0 fully saturated rings. The van der Waals surface area contributed by atoms with Crippen molar-refractivity contribution in [2.24, 2.45) is 0 Å². The molecule has 19 heavy (non-hydrogen) atoms.